The number of nitriles is 1. The first-order valence-corrected chi connectivity index (χ1v) is 11.9. The second-order valence-electron chi connectivity index (χ2n) is 9.17. The summed E-state index contributed by atoms with van der Waals surface area (Å²) in [4.78, 5) is 28.8. The van der Waals surface area contributed by atoms with Gasteiger partial charge >= 0.3 is 0 Å². The number of nitrogens with zero attached hydrogens (tertiary/aromatic N) is 3. The summed E-state index contributed by atoms with van der Waals surface area (Å²) in [6.45, 7) is 0.979. The standard InChI is InChI=1S/C24H29N7O3/c25-11-16-5-1-2-7-18(16)31-19-8-9-27-24(33)21(19)22(30-31)29-17-6-3-4-15(10-17)12-28-23(32)20-13-26-14-34-20/h3-4,6,10,13-14,16,18-19,21-22,29-30H,1-2,5,7-9,12H2,(H,27,33)(H,28,32)/t16-,18+,19?,21?,22?/m1/s1. The van der Waals surface area contributed by atoms with Crippen LogP contribution < -0.4 is 21.4 Å². The summed E-state index contributed by atoms with van der Waals surface area (Å²) >= 11 is 0. The van der Waals surface area contributed by atoms with Gasteiger partial charge in [0, 0.05) is 30.9 Å². The second-order valence-corrected chi connectivity index (χ2v) is 9.17. The highest BCUT2D eigenvalue weighted by Gasteiger charge is 2.51. The molecule has 2 amide bonds. The van der Waals surface area contributed by atoms with Gasteiger partial charge in [0.25, 0.3) is 5.91 Å². The number of oxazole rings is 1. The van der Waals surface area contributed by atoms with Gasteiger partial charge in [-0.2, -0.15) is 5.26 Å². The Hall–Kier alpha value is -3.42. The predicted molar refractivity (Wildman–Crippen MR) is 123 cm³/mol. The third-order valence-electron chi connectivity index (χ3n) is 7.07. The Morgan fingerprint density at radius 3 is 2.97 bits per heavy atom. The number of carbonyl (C=O) groups excluding carboxylic acids is 2. The first-order valence-electron chi connectivity index (χ1n) is 11.9. The lowest BCUT2D eigenvalue weighted by Crippen LogP contribution is -2.54. The van der Waals surface area contributed by atoms with E-state index in [0.717, 1.165) is 43.4 Å². The van der Waals surface area contributed by atoms with Gasteiger partial charge in [0.2, 0.25) is 11.7 Å². The highest BCUT2D eigenvalue weighted by atomic mass is 16.3. The molecule has 2 aromatic rings. The third-order valence-corrected chi connectivity index (χ3v) is 7.07. The van der Waals surface area contributed by atoms with Crippen molar-refractivity contribution in [3.8, 4) is 6.07 Å². The smallest absolute Gasteiger partial charge is 0.288 e. The van der Waals surface area contributed by atoms with Crippen molar-refractivity contribution >= 4 is 17.5 Å². The number of aromatic nitrogens is 1. The molecule has 0 radical (unpaired) electrons. The molecule has 5 rings (SSSR count). The van der Waals surface area contributed by atoms with Crippen LogP contribution in [0, 0.1) is 23.2 Å². The topological polar surface area (TPSA) is 135 Å². The van der Waals surface area contributed by atoms with Crippen molar-refractivity contribution < 1.29 is 14.0 Å². The fraction of sp³-hybridized carbons (Fsp3) is 0.500. The molecule has 3 fully saturated rings. The molecule has 1 aromatic carbocycles. The van der Waals surface area contributed by atoms with Gasteiger partial charge < -0.3 is 20.4 Å². The SMILES string of the molecule is N#C[C@H]1CCCC[C@@H]1N1NC(Nc2cccc(CNC(=O)c3cnco3)c2)C2C(=O)NCCC21. The van der Waals surface area contributed by atoms with Crippen LogP contribution in [0.15, 0.2) is 41.3 Å². The number of benzene rings is 1. The number of hydrazine groups is 1. The minimum absolute atomic E-state index is 0.0260. The molecule has 10 heteroatoms. The molecule has 0 spiro atoms. The molecule has 5 atom stereocenters. The first-order chi connectivity index (χ1) is 16.6. The Bertz CT molecular complexity index is 1070. The van der Waals surface area contributed by atoms with Crippen LogP contribution in [0.2, 0.25) is 0 Å². The number of rotatable bonds is 6. The van der Waals surface area contributed by atoms with Gasteiger partial charge in [-0.25, -0.2) is 15.4 Å². The Morgan fingerprint density at radius 1 is 1.26 bits per heavy atom. The number of nitrogens with one attached hydrogen (secondary N) is 4. The summed E-state index contributed by atoms with van der Waals surface area (Å²) in [5.41, 5.74) is 5.32. The maximum Gasteiger partial charge on any atom is 0.288 e. The fourth-order valence-electron chi connectivity index (χ4n) is 5.44. The monoisotopic (exact) mass is 463 g/mol. The van der Waals surface area contributed by atoms with E-state index in [1.807, 2.05) is 24.3 Å². The van der Waals surface area contributed by atoms with Crippen molar-refractivity contribution in [1.29, 1.82) is 5.26 Å². The summed E-state index contributed by atoms with van der Waals surface area (Å²) in [5, 5.41) is 21.2. The van der Waals surface area contributed by atoms with Crippen LogP contribution in [0.25, 0.3) is 0 Å². The number of hydrogen-bond acceptors (Lipinski definition) is 8. The highest BCUT2D eigenvalue weighted by Crippen LogP contribution is 2.36. The van der Waals surface area contributed by atoms with E-state index in [2.05, 4.69) is 37.4 Å². The van der Waals surface area contributed by atoms with Crippen molar-refractivity contribution in [2.24, 2.45) is 11.8 Å². The van der Waals surface area contributed by atoms with Crippen molar-refractivity contribution in [3.05, 3.63) is 48.2 Å². The lowest BCUT2D eigenvalue weighted by atomic mass is 9.83. The van der Waals surface area contributed by atoms with Crippen molar-refractivity contribution in [1.82, 2.24) is 26.1 Å². The van der Waals surface area contributed by atoms with Crippen LogP contribution in [0.3, 0.4) is 0 Å². The number of anilines is 1. The summed E-state index contributed by atoms with van der Waals surface area (Å²) in [6, 6.07) is 10.4. The van der Waals surface area contributed by atoms with Gasteiger partial charge in [-0.3, -0.25) is 9.59 Å². The van der Waals surface area contributed by atoms with E-state index in [9.17, 15) is 14.9 Å². The van der Waals surface area contributed by atoms with Crippen LogP contribution in [-0.4, -0.2) is 46.6 Å². The molecule has 1 aliphatic carbocycles. The molecule has 2 saturated heterocycles. The fourth-order valence-corrected chi connectivity index (χ4v) is 5.44. The molecule has 0 bridgehead atoms. The van der Waals surface area contributed by atoms with E-state index in [4.69, 9.17) is 4.42 Å². The van der Waals surface area contributed by atoms with Gasteiger partial charge in [0.05, 0.1) is 24.1 Å². The number of fused-ring (bicyclic) bond motifs is 1. The van der Waals surface area contributed by atoms with Gasteiger partial charge in [-0.05, 0) is 37.0 Å². The molecule has 3 aliphatic rings. The zero-order valence-electron chi connectivity index (χ0n) is 18.9. The largest absolute Gasteiger partial charge is 0.438 e. The van der Waals surface area contributed by atoms with Gasteiger partial charge in [0.15, 0.2) is 6.39 Å². The molecule has 10 nitrogen and oxygen atoms in total. The minimum Gasteiger partial charge on any atom is -0.438 e. The molecule has 1 saturated carbocycles. The Balaban J connectivity index is 1.29. The van der Waals surface area contributed by atoms with E-state index in [1.165, 1.54) is 12.6 Å². The maximum absolute atomic E-state index is 12.9. The Morgan fingerprint density at radius 2 is 2.15 bits per heavy atom. The summed E-state index contributed by atoms with van der Waals surface area (Å²) in [6.07, 6.45) is 7.21. The van der Waals surface area contributed by atoms with Gasteiger partial charge in [-0.1, -0.05) is 25.0 Å². The van der Waals surface area contributed by atoms with Crippen molar-refractivity contribution in [2.75, 3.05) is 11.9 Å². The Labute approximate surface area is 198 Å². The summed E-state index contributed by atoms with van der Waals surface area (Å²) < 4.78 is 5.03. The zero-order valence-corrected chi connectivity index (χ0v) is 18.9. The summed E-state index contributed by atoms with van der Waals surface area (Å²) in [7, 11) is 0. The van der Waals surface area contributed by atoms with Crippen molar-refractivity contribution in [2.45, 2.75) is 56.9 Å². The number of piperidine rings is 1. The van der Waals surface area contributed by atoms with Crippen LogP contribution in [-0.2, 0) is 11.3 Å². The van der Waals surface area contributed by atoms with Crippen LogP contribution in [0.4, 0.5) is 5.69 Å². The number of hydrogen-bond donors (Lipinski definition) is 4. The van der Waals surface area contributed by atoms with Gasteiger partial charge in [-0.15, -0.1) is 0 Å². The lowest BCUT2D eigenvalue weighted by Gasteiger charge is -2.39. The number of amides is 2. The Kier molecular flexibility index (Phi) is 6.47. The lowest BCUT2D eigenvalue weighted by molar-refractivity contribution is -0.128. The zero-order chi connectivity index (χ0) is 23.5. The molecule has 178 valence electrons. The molecular formula is C24H29N7O3. The van der Waals surface area contributed by atoms with Crippen molar-refractivity contribution in [3.63, 3.8) is 0 Å². The first kappa shape index (κ1) is 22.4. The quantitative estimate of drug-likeness (QED) is 0.509. The number of carbonyl (C=O) groups is 2. The molecule has 2 aliphatic heterocycles. The average molecular weight is 464 g/mol. The van der Waals surface area contributed by atoms with E-state index in [1.54, 1.807) is 0 Å². The molecule has 3 heterocycles. The van der Waals surface area contributed by atoms with Gasteiger partial charge in [0.1, 0.15) is 6.17 Å². The van der Waals surface area contributed by atoms with Crippen LogP contribution in [0.5, 0.6) is 0 Å². The van der Waals surface area contributed by atoms with Crippen LogP contribution in [0.1, 0.15) is 48.2 Å². The van der Waals surface area contributed by atoms with Crippen LogP contribution >= 0.6 is 0 Å². The van der Waals surface area contributed by atoms with E-state index in [0.29, 0.717) is 13.1 Å². The molecule has 4 N–H and O–H groups in total. The molecule has 34 heavy (non-hydrogen) atoms. The van der Waals surface area contributed by atoms with E-state index >= 15 is 0 Å². The maximum atomic E-state index is 12.9. The van der Waals surface area contributed by atoms with E-state index < -0.39 is 0 Å². The summed E-state index contributed by atoms with van der Waals surface area (Å²) in [5.74, 6) is -0.419. The second kappa shape index (κ2) is 9.83. The predicted octanol–water partition coefficient (Wildman–Crippen LogP) is 1.75. The molecular weight excluding hydrogens is 434 g/mol. The normalized spacial score (nSPS) is 29.0. The average Bonchev–Trinajstić information content (AvgIpc) is 3.52. The third kappa shape index (κ3) is 4.49. The highest BCUT2D eigenvalue weighted by molar-refractivity contribution is 5.90. The minimum atomic E-state index is -0.329. The molecule has 3 unspecified atom stereocenters. The molecule has 1 aromatic heterocycles. The van der Waals surface area contributed by atoms with E-state index in [-0.39, 0.29) is 47.7 Å².